The minimum Gasteiger partial charge on any atom is -0.480 e. The molecule has 0 radical (unpaired) electrons. The van der Waals surface area contributed by atoms with E-state index < -0.39 is 17.3 Å². The monoisotopic (exact) mass is 211 g/mol. The van der Waals surface area contributed by atoms with Crippen LogP contribution in [0, 0.1) is 12.7 Å². The molecule has 15 heavy (non-hydrogen) atoms. The van der Waals surface area contributed by atoms with Crippen molar-refractivity contribution in [2.75, 3.05) is 5.32 Å². The fourth-order valence-corrected chi connectivity index (χ4v) is 1.29. The average Bonchev–Trinajstić information content (AvgIpc) is 2.94. The number of carboxylic acids is 1. The standard InChI is InChI=1S/C9H10FN3O2/c1-5-6(10)7(12-4-11-5)13-9(2-3-9)8(14)15/h4H,2-3H2,1H3,(H,14,15)(H,11,12,13). The Bertz CT molecular complexity index is 418. The lowest BCUT2D eigenvalue weighted by molar-refractivity contribution is -0.138. The maximum atomic E-state index is 13.4. The van der Waals surface area contributed by atoms with Gasteiger partial charge in [0.15, 0.2) is 11.6 Å². The molecule has 6 heteroatoms. The predicted octanol–water partition coefficient (Wildman–Crippen LogP) is 0.953. The third-order valence-electron chi connectivity index (χ3n) is 2.48. The molecule has 0 bridgehead atoms. The van der Waals surface area contributed by atoms with Crippen molar-refractivity contribution in [2.45, 2.75) is 25.3 Å². The molecule has 80 valence electrons. The van der Waals surface area contributed by atoms with Gasteiger partial charge in [0, 0.05) is 0 Å². The molecule has 1 fully saturated rings. The van der Waals surface area contributed by atoms with E-state index in [-0.39, 0.29) is 11.5 Å². The quantitative estimate of drug-likeness (QED) is 0.778. The number of hydrogen-bond donors (Lipinski definition) is 2. The van der Waals surface area contributed by atoms with Gasteiger partial charge in [-0.3, -0.25) is 0 Å². The third kappa shape index (κ3) is 1.62. The summed E-state index contributed by atoms with van der Waals surface area (Å²) in [5.74, 6) is -1.61. The molecule has 1 aliphatic carbocycles. The van der Waals surface area contributed by atoms with E-state index in [9.17, 15) is 9.18 Å². The van der Waals surface area contributed by atoms with Crippen molar-refractivity contribution in [3.63, 3.8) is 0 Å². The molecular formula is C9H10FN3O2. The van der Waals surface area contributed by atoms with Crippen molar-refractivity contribution in [1.29, 1.82) is 0 Å². The number of carbonyl (C=O) groups is 1. The molecule has 0 spiro atoms. The van der Waals surface area contributed by atoms with Gasteiger partial charge in [-0.05, 0) is 19.8 Å². The van der Waals surface area contributed by atoms with E-state index in [2.05, 4.69) is 15.3 Å². The van der Waals surface area contributed by atoms with Gasteiger partial charge in [0.2, 0.25) is 0 Å². The number of carboxylic acid groups (broad SMARTS) is 1. The van der Waals surface area contributed by atoms with E-state index >= 15 is 0 Å². The predicted molar refractivity (Wildman–Crippen MR) is 50.0 cm³/mol. The molecule has 1 heterocycles. The smallest absolute Gasteiger partial charge is 0.329 e. The summed E-state index contributed by atoms with van der Waals surface area (Å²) in [6, 6.07) is 0. The number of aliphatic carboxylic acids is 1. The van der Waals surface area contributed by atoms with Crippen LogP contribution in [0.2, 0.25) is 0 Å². The lowest BCUT2D eigenvalue weighted by atomic mass is 10.2. The molecule has 1 aliphatic rings. The number of nitrogens with one attached hydrogen (secondary N) is 1. The number of nitrogens with zero attached hydrogens (tertiary/aromatic N) is 2. The van der Waals surface area contributed by atoms with Gasteiger partial charge in [-0.1, -0.05) is 0 Å². The molecule has 0 atom stereocenters. The molecule has 2 N–H and O–H groups in total. The van der Waals surface area contributed by atoms with Crippen LogP contribution in [0.1, 0.15) is 18.5 Å². The number of halogens is 1. The van der Waals surface area contributed by atoms with E-state index in [0.29, 0.717) is 12.8 Å². The highest BCUT2D eigenvalue weighted by molar-refractivity contribution is 5.86. The van der Waals surface area contributed by atoms with Crippen molar-refractivity contribution in [2.24, 2.45) is 0 Å². The second-order valence-electron chi connectivity index (χ2n) is 3.63. The van der Waals surface area contributed by atoms with E-state index in [0.717, 1.165) is 0 Å². The number of rotatable bonds is 3. The van der Waals surface area contributed by atoms with E-state index in [1.807, 2.05) is 0 Å². The summed E-state index contributed by atoms with van der Waals surface area (Å²) >= 11 is 0. The van der Waals surface area contributed by atoms with E-state index in [1.165, 1.54) is 13.3 Å². The number of hydrogen-bond acceptors (Lipinski definition) is 4. The molecule has 1 aromatic rings. The van der Waals surface area contributed by atoms with Crippen molar-refractivity contribution in [1.82, 2.24) is 9.97 Å². The Labute approximate surface area is 85.4 Å². The van der Waals surface area contributed by atoms with E-state index in [4.69, 9.17) is 5.11 Å². The lowest BCUT2D eigenvalue weighted by Gasteiger charge is -2.13. The van der Waals surface area contributed by atoms with E-state index in [1.54, 1.807) is 0 Å². The molecule has 0 aliphatic heterocycles. The van der Waals surface area contributed by atoms with Crippen LogP contribution in [0.15, 0.2) is 6.33 Å². The summed E-state index contributed by atoms with van der Waals surface area (Å²) in [5.41, 5.74) is -0.824. The van der Waals surface area contributed by atoms with Gasteiger partial charge in [0.05, 0.1) is 5.69 Å². The van der Waals surface area contributed by atoms with Gasteiger partial charge in [0.25, 0.3) is 0 Å². The zero-order chi connectivity index (χ0) is 11.1. The first-order valence-electron chi connectivity index (χ1n) is 4.54. The first kappa shape index (κ1) is 9.82. The second kappa shape index (κ2) is 3.15. The van der Waals surface area contributed by atoms with Gasteiger partial charge in [-0.2, -0.15) is 0 Å². The largest absolute Gasteiger partial charge is 0.480 e. The van der Waals surface area contributed by atoms with Crippen LogP contribution >= 0.6 is 0 Å². The third-order valence-corrected chi connectivity index (χ3v) is 2.48. The fourth-order valence-electron chi connectivity index (χ4n) is 1.29. The number of anilines is 1. The van der Waals surface area contributed by atoms with Crippen molar-refractivity contribution >= 4 is 11.8 Å². The van der Waals surface area contributed by atoms with Gasteiger partial charge in [-0.15, -0.1) is 0 Å². The Kier molecular flexibility index (Phi) is 2.06. The molecule has 2 rings (SSSR count). The highest BCUT2D eigenvalue weighted by Crippen LogP contribution is 2.39. The van der Waals surface area contributed by atoms with Gasteiger partial charge < -0.3 is 10.4 Å². The Morgan fingerprint density at radius 2 is 2.27 bits per heavy atom. The van der Waals surface area contributed by atoms with Crippen LogP contribution in [0.4, 0.5) is 10.2 Å². The minimum atomic E-state index is -1.03. The Balaban J connectivity index is 2.25. The topological polar surface area (TPSA) is 75.1 Å². The molecule has 1 aromatic heterocycles. The maximum absolute atomic E-state index is 13.4. The van der Waals surface area contributed by atoms with Crippen molar-refractivity contribution in [3.8, 4) is 0 Å². The molecule has 0 saturated heterocycles. The van der Waals surface area contributed by atoms with Crippen LogP contribution in [-0.2, 0) is 4.79 Å². The number of aryl methyl sites for hydroxylation is 1. The molecule has 0 aromatic carbocycles. The maximum Gasteiger partial charge on any atom is 0.329 e. The molecular weight excluding hydrogens is 201 g/mol. The fraction of sp³-hybridized carbons (Fsp3) is 0.444. The summed E-state index contributed by atoms with van der Waals surface area (Å²) in [6.45, 7) is 1.50. The minimum absolute atomic E-state index is 0.0394. The molecule has 5 nitrogen and oxygen atoms in total. The van der Waals surface area contributed by atoms with Crippen LogP contribution in [0.5, 0.6) is 0 Å². The zero-order valence-electron chi connectivity index (χ0n) is 8.12. The highest BCUT2D eigenvalue weighted by Gasteiger charge is 2.51. The van der Waals surface area contributed by atoms with Crippen molar-refractivity contribution < 1.29 is 14.3 Å². The summed E-state index contributed by atoms with van der Waals surface area (Å²) < 4.78 is 13.4. The number of aromatic nitrogens is 2. The summed E-state index contributed by atoms with van der Waals surface area (Å²) in [7, 11) is 0. The Morgan fingerprint density at radius 3 is 2.80 bits per heavy atom. The van der Waals surface area contributed by atoms with Crippen LogP contribution in [0.3, 0.4) is 0 Å². The Hall–Kier alpha value is -1.72. The molecule has 1 saturated carbocycles. The first-order chi connectivity index (χ1) is 7.05. The van der Waals surface area contributed by atoms with Crippen LogP contribution in [-0.4, -0.2) is 26.6 Å². The summed E-state index contributed by atoms with van der Waals surface area (Å²) in [4.78, 5) is 18.2. The Morgan fingerprint density at radius 1 is 1.60 bits per heavy atom. The SMILES string of the molecule is Cc1ncnc(NC2(C(=O)O)CC2)c1F. The second-order valence-corrected chi connectivity index (χ2v) is 3.63. The summed E-state index contributed by atoms with van der Waals surface area (Å²) in [5, 5.41) is 11.5. The summed E-state index contributed by atoms with van der Waals surface area (Å²) in [6.07, 6.45) is 2.19. The van der Waals surface area contributed by atoms with Gasteiger partial charge in [-0.25, -0.2) is 19.2 Å². The average molecular weight is 211 g/mol. The van der Waals surface area contributed by atoms with Crippen LogP contribution < -0.4 is 5.32 Å². The zero-order valence-corrected chi connectivity index (χ0v) is 8.12. The first-order valence-corrected chi connectivity index (χ1v) is 4.54. The molecule has 0 unspecified atom stereocenters. The van der Waals surface area contributed by atoms with Crippen molar-refractivity contribution in [3.05, 3.63) is 17.8 Å². The normalized spacial score (nSPS) is 17.2. The van der Waals surface area contributed by atoms with Gasteiger partial charge >= 0.3 is 5.97 Å². The highest BCUT2D eigenvalue weighted by atomic mass is 19.1. The lowest BCUT2D eigenvalue weighted by Crippen LogP contribution is -2.32. The molecule has 0 amide bonds. The van der Waals surface area contributed by atoms with Crippen LogP contribution in [0.25, 0.3) is 0 Å². The van der Waals surface area contributed by atoms with Gasteiger partial charge in [0.1, 0.15) is 11.9 Å².